The Kier molecular flexibility index (Phi) is 70.9. The average Bonchev–Trinajstić information content (AvgIpc) is 2.18. The number of hydrogen-bond donors (Lipinski definition) is 6. The van der Waals surface area contributed by atoms with E-state index in [1.54, 1.807) is 0 Å². The van der Waals surface area contributed by atoms with Crippen LogP contribution in [-0.4, -0.2) is 39.3 Å². The van der Waals surface area contributed by atoms with E-state index in [-0.39, 0.29) is 17.1 Å². The van der Waals surface area contributed by atoms with Gasteiger partial charge in [0.15, 0.2) is 0 Å². The van der Waals surface area contributed by atoms with Gasteiger partial charge in [-0.05, 0) is 0 Å². The quantitative estimate of drug-likeness (QED) is 0.285. The van der Waals surface area contributed by atoms with Gasteiger partial charge >= 0.3 is 0 Å². The Bertz CT molecular complexity index is 32.6. The van der Waals surface area contributed by atoms with E-state index in [0.29, 0.717) is 39.3 Å². The van der Waals surface area contributed by atoms with Crippen molar-refractivity contribution in [1.29, 1.82) is 0 Å². The first-order valence-electron chi connectivity index (χ1n) is 3.95. The van der Waals surface area contributed by atoms with Crippen LogP contribution in [0.3, 0.4) is 0 Å². The van der Waals surface area contributed by atoms with Crippen molar-refractivity contribution in [2.24, 2.45) is 34.4 Å². The van der Waals surface area contributed by atoms with Crippen molar-refractivity contribution in [3.05, 3.63) is 0 Å². The molecule has 0 amide bonds. The average molecular weight is 244 g/mol. The zero-order valence-electron chi connectivity index (χ0n) is 8.01. The third kappa shape index (κ3) is 121. The fourth-order valence-electron chi connectivity index (χ4n) is 0. The molecule has 0 bridgehead atoms. The van der Waals surface area contributed by atoms with Gasteiger partial charge in [-0.25, -0.2) is 0 Å². The molecule has 0 aromatic rings. The molecule has 6 nitrogen and oxygen atoms in total. The molecule has 0 saturated carbocycles. The first-order chi connectivity index (χ1) is 5.74. The molecule has 0 atom stereocenters. The van der Waals surface area contributed by atoms with E-state index in [1.807, 2.05) is 0 Å². The van der Waals surface area contributed by atoms with Gasteiger partial charge in [0.2, 0.25) is 0 Å². The van der Waals surface area contributed by atoms with Crippen LogP contribution in [0.4, 0.5) is 0 Å². The maximum absolute atomic E-state index is 4.90. The molecule has 0 aliphatic heterocycles. The van der Waals surface area contributed by atoms with Crippen LogP contribution in [0.5, 0.6) is 0 Å². The van der Waals surface area contributed by atoms with Gasteiger partial charge < -0.3 is 34.4 Å². The van der Waals surface area contributed by atoms with Crippen LogP contribution < -0.4 is 34.4 Å². The summed E-state index contributed by atoms with van der Waals surface area (Å²) in [6, 6.07) is 0. The zero-order chi connectivity index (χ0) is 10.2. The molecule has 0 heterocycles. The molecular weight excluding hydrogens is 220 g/mol. The van der Waals surface area contributed by atoms with E-state index in [4.69, 9.17) is 34.4 Å². The van der Waals surface area contributed by atoms with Crippen molar-refractivity contribution in [1.82, 2.24) is 0 Å². The molecule has 1 radical (unpaired) electrons. The van der Waals surface area contributed by atoms with Crippen molar-refractivity contribution in [3.8, 4) is 0 Å². The molecule has 0 saturated heterocycles. The van der Waals surface area contributed by atoms with Crippen LogP contribution in [0.1, 0.15) is 0 Å². The third-order valence-electron chi connectivity index (χ3n) is 0.500. The summed E-state index contributed by atoms with van der Waals surface area (Å²) in [6.07, 6.45) is 0. The summed E-state index contributed by atoms with van der Waals surface area (Å²) in [5.74, 6) is 0. The first kappa shape index (κ1) is 23.3. The van der Waals surface area contributed by atoms with Gasteiger partial charge in [-0.2, -0.15) is 0 Å². The molecule has 0 aromatic carbocycles. The molecule has 0 spiro atoms. The SMILES string of the molecule is NCCN.NCCN.NCCN.[Cu]. The normalized spacial score (nSPS) is 6.92. The molecular formula is C6H24CuN6. The minimum atomic E-state index is 0. The largest absolute Gasteiger partial charge is 0.329 e. The summed E-state index contributed by atoms with van der Waals surface area (Å²) in [5.41, 5.74) is 29.4. The molecule has 89 valence electrons. The van der Waals surface area contributed by atoms with Crippen LogP contribution in [0.15, 0.2) is 0 Å². The Morgan fingerprint density at radius 3 is 0.462 bits per heavy atom. The summed E-state index contributed by atoms with van der Waals surface area (Å²) in [6.45, 7) is 3.58. The minimum absolute atomic E-state index is 0. The van der Waals surface area contributed by atoms with E-state index in [0.717, 1.165) is 0 Å². The number of rotatable bonds is 3. The van der Waals surface area contributed by atoms with Crippen molar-refractivity contribution < 1.29 is 17.1 Å². The smallest absolute Gasteiger partial charge is 0.00461 e. The fourth-order valence-corrected chi connectivity index (χ4v) is 0. The Balaban J connectivity index is -0.0000000450. The Hall–Kier alpha value is 0.279. The molecule has 0 aliphatic carbocycles. The molecule has 12 N–H and O–H groups in total. The van der Waals surface area contributed by atoms with Gasteiger partial charge in [0.1, 0.15) is 0 Å². The maximum atomic E-state index is 4.90. The van der Waals surface area contributed by atoms with Crippen LogP contribution in [0.2, 0.25) is 0 Å². The summed E-state index contributed by atoms with van der Waals surface area (Å²) < 4.78 is 0. The predicted octanol–water partition coefficient (Wildman–Crippen LogP) is -3.29. The van der Waals surface area contributed by atoms with Crippen LogP contribution in [-0.2, 0) is 17.1 Å². The molecule has 0 unspecified atom stereocenters. The second kappa shape index (κ2) is 39.6. The van der Waals surface area contributed by atoms with Gasteiger partial charge in [-0.1, -0.05) is 0 Å². The topological polar surface area (TPSA) is 156 Å². The number of hydrogen-bond acceptors (Lipinski definition) is 6. The molecule has 0 rings (SSSR count). The van der Waals surface area contributed by atoms with E-state index in [1.165, 1.54) is 0 Å². The first-order valence-corrected chi connectivity index (χ1v) is 3.95. The van der Waals surface area contributed by atoms with Gasteiger partial charge in [0.05, 0.1) is 0 Å². The van der Waals surface area contributed by atoms with E-state index in [9.17, 15) is 0 Å². The fraction of sp³-hybridized carbons (Fsp3) is 1.00. The summed E-state index contributed by atoms with van der Waals surface area (Å²) in [4.78, 5) is 0. The second-order valence-corrected chi connectivity index (χ2v) is 1.73. The Morgan fingerprint density at radius 2 is 0.462 bits per heavy atom. The predicted molar refractivity (Wildman–Crippen MR) is 54.3 cm³/mol. The third-order valence-corrected chi connectivity index (χ3v) is 0.500. The van der Waals surface area contributed by atoms with Crippen LogP contribution in [0, 0.1) is 0 Å². The van der Waals surface area contributed by atoms with Crippen molar-refractivity contribution >= 4 is 0 Å². The van der Waals surface area contributed by atoms with E-state index in [2.05, 4.69) is 0 Å². The minimum Gasteiger partial charge on any atom is -0.329 e. The standard InChI is InChI=1S/3C2H8N2.Cu/c3*3-1-2-4;/h3*1-4H2;. The maximum Gasteiger partial charge on any atom is 0.00461 e. The van der Waals surface area contributed by atoms with Crippen molar-refractivity contribution in [2.75, 3.05) is 39.3 Å². The second-order valence-electron chi connectivity index (χ2n) is 1.73. The van der Waals surface area contributed by atoms with Gasteiger partial charge in [0.25, 0.3) is 0 Å². The Labute approximate surface area is 91.2 Å². The van der Waals surface area contributed by atoms with E-state index < -0.39 is 0 Å². The van der Waals surface area contributed by atoms with Gasteiger partial charge in [-0.3, -0.25) is 0 Å². The summed E-state index contributed by atoms with van der Waals surface area (Å²) in [5, 5.41) is 0. The zero-order valence-corrected chi connectivity index (χ0v) is 8.95. The molecule has 7 heteroatoms. The monoisotopic (exact) mass is 243 g/mol. The molecule has 13 heavy (non-hydrogen) atoms. The Morgan fingerprint density at radius 1 is 0.385 bits per heavy atom. The summed E-state index contributed by atoms with van der Waals surface area (Å²) >= 11 is 0. The molecule has 0 aromatic heterocycles. The van der Waals surface area contributed by atoms with Crippen molar-refractivity contribution in [2.45, 2.75) is 0 Å². The van der Waals surface area contributed by atoms with E-state index >= 15 is 0 Å². The van der Waals surface area contributed by atoms with Crippen molar-refractivity contribution in [3.63, 3.8) is 0 Å². The van der Waals surface area contributed by atoms with Crippen LogP contribution in [0.25, 0.3) is 0 Å². The molecule has 0 fully saturated rings. The number of nitrogens with two attached hydrogens (primary N) is 6. The van der Waals surface area contributed by atoms with Gasteiger partial charge in [0, 0.05) is 56.3 Å². The van der Waals surface area contributed by atoms with Gasteiger partial charge in [-0.15, -0.1) is 0 Å². The molecule has 0 aliphatic rings. The summed E-state index contributed by atoms with van der Waals surface area (Å²) in [7, 11) is 0. The van der Waals surface area contributed by atoms with Crippen LogP contribution >= 0.6 is 0 Å².